The van der Waals surface area contributed by atoms with Gasteiger partial charge in [-0.05, 0) is 49.6 Å². The van der Waals surface area contributed by atoms with Crippen LogP contribution >= 0.6 is 0 Å². The molecule has 0 N–H and O–H groups in total. The Labute approximate surface area is 246 Å². The second-order valence-electron chi connectivity index (χ2n) is 9.35. The Hall–Kier alpha value is -2.43. The fourth-order valence-electron chi connectivity index (χ4n) is 5.07. The summed E-state index contributed by atoms with van der Waals surface area (Å²) in [7, 11) is -2.05. The van der Waals surface area contributed by atoms with Gasteiger partial charge >= 0.3 is 19.8 Å². The van der Waals surface area contributed by atoms with E-state index in [1.165, 1.54) is 7.11 Å². The number of nitrogens with zero attached hydrogens (tertiary/aromatic N) is 2. The van der Waals surface area contributed by atoms with Crippen molar-refractivity contribution in [3.63, 3.8) is 0 Å². The van der Waals surface area contributed by atoms with Crippen LogP contribution in [0.3, 0.4) is 0 Å². The van der Waals surface area contributed by atoms with Crippen LogP contribution in [-0.2, 0) is 29.6 Å². The maximum Gasteiger partial charge on any atom is 1.00 e. The molecule has 4 rings (SSSR count). The molecule has 10 heteroatoms. The SMILES string of the molecule is CC.[CH2-]CC1CCN(c2cccc3c2C(=O)N(C(CS(C)(=O)=O)c2ccc(OC)c(OCC)c2)C3=O)CC1.[Os+]. The average Bonchev–Trinajstić information content (AvgIpc) is 3.18. The van der Waals surface area contributed by atoms with E-state index >= 15 is 0 Å². The molecule has 0 aromatic heterocycles. The zero-order valence-corrected chi connectivity index (χ0v) is 26.7. The normalized spacial score (nSPS) is 16.2. The number of carbonyl (C=O) groups is 2. The van der Waals surface area contributed by atoms with Crippen LogP contribution in [-0.4, -0.2) is 63.9 Å². The predicted molar refractivity (Wildman–Crippen MR) is 150 cm³/mol. The number of amides is 2. The monoisotopic (exact) mass is 735 g/mol. The summed E-state index contributed by atoms with van der Waals surface area (Å²) < 4.78 is 35.9. The molecule has 0 aliphatic carbocycles. The summed E-state index contributed by atoms with van der Waals surface area (Å²) in [5, 5.41) is 0. The zero-order valence-electron chi connectivity index (χ0n) is 23.4. The first kappa shape index (κ1) is 32.8. The molecule has 0 bridgehead atoms. The Kier molecular flexibility index (Phi) is 12.0. The molecule has 1 fully saturated rings. The van der Waals surface area contributed by atoms with Crippen molar-refractivity contribution in [1.82, 2.24) is 4.90 Å². The first-order chi connectivity index (χ1) is 18.2. The Morgan fingerprint density at radius 2 is 1.72 bits per heavy atom. The van der Waals surface area contributed by atoms with Crippen molar-refractivity contribution in [2.45, 2.75) is 46.1 Å². The molecule has 2 aromatic carbocycles. The van der Waals surface area contributed by atoms with Gasteiger partial charge in [-0.2, -0.15) is 6.42 Å². The molecule has 2 heterocycles. The summed E-state index contributed by atoms with van der Waals surface area (Å²) in [6.45, 7) is 11.8. The third-order valence-electron chi connectivity index (χ3n) is 6.93. The van der Waals surface area contributed by atoms with Gasteiger partial charge in [-0.3, -0.25) is 14.5 Å². The maximum atomic E-state index is 13.8. The molecule has 2 amide bonds. The molecule has 2 aliphatic rings. The molecule has 0 saturated carbocycles. The van der Waals surface area contributed by atoms with E-state index in [9.17, 15) is 18.0 Å². The van der Waals surface area contributed by atoms with Crippen molar-refractivity contribution in [2.24, 2.45) is 5.92 Å². The molecule has 8 nitrogen and oxygen atoms in total. The van der Waals surface area contributed by atoms with E-state index in [1.807, 2.05) is 26.8 Å². The van der Waals surface area contributed by atoms with Crippen LogP contribution < -0.4 is 14.4 Å². The van der Waals surface area contributed by atoms with Crippen LogP contribution in [0.25, 0.3) is 0 Å². The van der Waals surface area contributed by atoms with E-state index in [0.29, 0.717) is 40.7 Å². The van der Waals surface area contributed by atoms with Crippen molar-refractivity contribution < 1.29 is 47.3 Å². The minimum absolute atomic E-state index is 0. The molecule has 2 aromatic rings. The van der Waals surface area contributed by atoms with Crippen LogP contribution in [0.5, 0.6) is 11.5 Å². The fraction of sp³-hybridized carbons (Fsp3) is 0.483. The van der Waals surface area contributed by atoms with Crippen LogP contribution in [0.15, 0.2) is 36.4 Å². The molecular weight excluding hydrogens is 695 g/mol. The van der Waals surface area contributed by atoms with Gasteiger partial charge in [-0.25, -0.2) is 8.42 Å². The number of piperidine rings is 1. The van der Waals surface area contributed by atoms with Gasteiger partial charge in [0, 0.05) is 19.3 Å². The third-order valence-corrected chi connectivity index (χ3v) is 7.85. The van der Waals surface area contributed by atoms with Crippen LogP contribution in [0.4, 0.5) is 5.69 Å². The molecular formula is C29H39N2O6OsS. The standard InChI is InChI=1S/C27H33N2O6S.C2H6.Os/c1-5-18-12-14-28(15-13-18)21-9-7-8-20-25(21)27(31)29(26(20)30)22(17-36(4,32)33)19-10-11-23(34-3)24(16-19)35-6-2;1-2;/h7-11,16,18,22H,1,5-6,12-15,17H2,2-4H3;1-2H3;/q-1;;+1. The molecule has 39 heavy (non-hydrogen) atoms. The quantitative estimate of drug-likeness (QED) is 0.267. The number of benzene rings is 2. The molecule has 1 atom stereocenters. The number of imide groups is 1. The van der Waals surface area contributed by atoms with Gasteiger partial charge in [-0.1, -0.05) is 31.9 Å². The minimum Gasteiger partial charge on any atom is -0.493 e. The Morgan fingerprint density at radius 3 is 2.28 bits per heavy atom. The average molecular weight is 734 g/mol. The topological polar surface area (TPSA) is 93.2 Å². The van der Waals surface area contributed by atoms with Gasteiger partial charge in [-0.15, -0.1) is 0 Å². The summed E-state index contributed by atoms with van der Waals surface area (Å²) in [5.41, 5.74) is 1.84. The van der Waals surface area contributed by atoms with E-state index in [2.05, 4.69) is 11.8 Å². The van der Waals surface area contributed by atoms with Crippen LogP contribution in [0.2, 0.25) is 0 Å². The smallest absolute Gasteiger partial charge is 0.493 e. The number of ether oxygens (including phenoxy) is 2. The van der Waals surface area contributed by atoms with Gasteiger partial charge < -0.3 is 21.3 Å². The summed E-state index contributed by atoms with van der Waals surface area (Å²) in [4.78, 5) is 30.7. The Bertz CT molecular complexity index is 1260. The fourth-order valence-corrected chi connectivity index (χ4v) is 5.99. The number of fused-ring (bicyclic) bond motifs is 1. The van der Waals surface area contributed by atoms with Gasteiger partial charge in [0.1, 0.15) is 9.84 Å². The number of methoxy groups -OCH3 is 1. The summed E-state index contributed by atoms with van der Waals surface area (Å²) in [5.74, 6) is 0.0797. The predicted octanol–water partition coefficient (Wildman–Crippen LogP) is 4.94. The van der Waals surface area contributed by atoms with Crippen LogP contribution in [0.1, 0.15) is 72.4 Å². The molecule has 1 saturated heterocycles. The first-order valence-electron chi connectivity index (χ1n) is 13.2. The van der Waals surface area contributed by atoms with Crippen molar-refractivity contribution in [3.05, 3.63) is 60.0 Å². The summed E-state index contributed by atoms with van der Waals surface area (Å²) in [6.07, 6.45) is 3.93. The Morgan fingerprint density at radius 1 is 1.05 bits per heavy atom. The minimum atomic E-state index is -3.56. The number of carbonyl (C=O) groups excluding carboxylic acids is 2. The Balaban J connectivity index is 0.00000174. The van der Waals surface area contributed by atoms with Crippen molar-refractivity contribution >= 4 is 27.3 Å². The van der Waals surface area contributed by atoms with Crippen LogP contribution in [0, 0.1) is 12.8 Å². The second-order valence-corrected chi connectivity index (χ2v) is 11.5. The second kappa shape index (κ2) is 14.3. The number of anilines is 1. The zero-order chi connectivity index (χ0) is 28.0. The van der Waals surface area contributed by atoms with E-state index < -0.39 is 33.4 Å². The summed E-state index contributed by atoms with van der Waals surface area (Å²) >= 11 is 0. The van der Waals surface area contributed by atoms with Crippen molar-refractivity contribution in [1.29, 1.82) is 0 Å². The molecule has 0 spiro atoms. The van der Waals surface area contributed by atoms with Gasteiger partial charge in [0.15, 0.2) is 11.5 Å². The van der Waals surface area contributed by atoms with Gasteiger partial charge in [0.2, 0.25) is 0 Å². The molecule has 1 radical (unpaired) electrons. The molecule has 215 valence electrons. The number of hydrogen-bond donors (Lipinski definition) is 0. The maximum absolute atomic E-state index is 13.8. The third kappa shape index (κ3) is 7.21. The van der Waals surface area contributed by atoms with Gasteiger partial charge in [0.05, 0.1) is 42.3 Å². The largest absolute Gasteiger partial charge is 1.00 e. The number of hydrogen-bond acceptors (Lipinski definition) is 7. The molecule has 2 aliphatic heterocycles. The van der Waals surface area contributed by atoms with E-state index in [4.69, 9.17) is 9.47 Å². The molecule has 1 unspecified atom stereocenters. The van der Waals surface area contributed by atoms with E-state index in [1.54, 1.807) is 30.3 Å². The van der Waals surface area contributed by atoms with E-state index in [0.717, 1.165) is 49.2 Å². The van der Waals surface area contributed by atoms with Crippen molar-refractivity contribution in [3.8, 4) is 11.5 Å². The van der Waals surface area contributed by atoms with Crippen molar-refractivity contribution in [2.75, 3.05) is 43.7 Å². The van der Waals surface area contributed by atoms with E-state index in [-0.39, 0.29) is 19.8 Å². The number of sulfone groups is 1. The van der Waals surface area contributed by atoms with Gasteiger partial charge in [0.25, 0.3) is 11.8 Å². The first-order valence-corrected chi connectivity index (χ1v) is 15.3. The summed E-state index contributed by atoms with van der Waals surface area (Å²) in [6, 6.07) is 9.25. The number of rotatable bonds is 9.